The van der Waals surface area contributed by atoms with E-state index in [4.69, 9.17) is 9.47 Å². The Morgan fingerprint density at radius 3 is 2.74 bits per heavy atom. The highest BCUT2D eigenvalue weighted by atomic mass is 79.9. The summed E-state index contributed by atoms with van der Waals surface area (Å²) in [5, 5.41) is 9.35. The maximum atomic E-state index is 9.35. The minimum absolute atomic E-state index is 0.651. The number of rotatable bonds is 3. The molecule has 0 radical (unpaired) electrons. The Morgan fingerprint density at radius 1 is 1.37 bits per heavy atom. The summed E-state index contributed by atoms with van der Waals surface area (Å²) >= 11 is 3.49. The number of nitriles is 1. The molecule has 5 heteroatoms. The number of benzene rings is 1. The van der Waals surface area contributed by atoms with Gasteiger partial charge in [0.25, 0.3) is 0 Å². The van der Waals surface area contributed by atoms with Gasteiger partial charge in [-0.3, -0.25) is 4.90 Å². The van der Waals surface area contributed by atoms with E-state index in [0.717, 1.165) is 41.6 Å². The summed E-state index contributed by atoms with van der Waals surface area (Å²) in [6.45, 7) is 0.730. The van der Waals surface area contributed by atoms with Gasteiger partial charge in [0.15, 0.2) is 11.9 Å². The van der Waals surface area contributed by atoms with Crippen molar-refractivity contribution >= 4 is 15.9 Å². The Kier molecular flexibility index (Phi) is 4.33. The molecule has 0 aromatic heterocycles. The van der Waals surface area contributed by atoms with Crippen LogP contribution in [0.15, 0.2) is 22.7 Å². The number of nitrogens with zero attached hydrogens (tertiary/aromatic N) is 2. The van der Waals surface area contributed by atoms with Crippen LogP contribution in [0.5, 0.6) is 5.75 Å². The molecule has 102 valence electrons. The smallest absolute Gasteiger partial charge is 0.182 e. The minimum Gasteiger partial charge on any atom is -0.496 e. The van der Waals surface area contributed by atoms with Crippen molar-refractivity contribution in [2.45, 2.75) is 25.0 Å². The summed E-state index contributed by atoms with van der Waals surface area (Å²) in [6, 6.07) is 5.82. The number of likely N-dealkylation sites (tertiary alicyclic amines) is 1. The SMILES string of the molecule is COc1ccc(C2(OC)CCCCN2C#N)cc1Br. The molecular formula is C14H17BrN2O2. The van der Waals surface area contributed by atoms with Gasteiger partial charge >= 0.3 is 0 Å². The number of methoxy groups -OCH3 is 2. The minimum atomic E-state index is -0.651. The van der Waals surface area contributed by atoms with Crippen molar-refractivity contribution in [2.24, 2.45) is 0 Å². The zero-order valence-corrected chi connectivity index (χ0v) is 12.7. The highest BCUT2D eigenvalue weighted by molar-refractivity contribution is 9.10. The molecule has 4 nitrogen and oxygen atoms in total. The first-order valence-corrected chi connectivity index (χ1v) is 7.04. The van der Waals surface area contributed by atoms with Gasteiger partial charge in [0.1, 0.15) is 5.75 Å². The van der Waals surface area contributed by atoms with Gasteiger partial charge in [-0.25, -0.2) is 0 Å². The van der Waals surface area contributed by atoms with Crippen molar-refractivity contribution in [2.75, 3.05) is 20.8 Å². The number of halogens is 1. The van der Waals surface area contributed by atoms with E-state index in [-0.39, 0.29) is 0 Å². The molecule has 0 bridgehead atoms. The van der Waals surface area contributed by atoms with Crippen molar-refractivity contribution in [1.29, 1.82) is 5.26 Å². The monoisotopic (exact) mass is 324 g/mol. The lowest BCUT2D eigenvalue weighted by Crippen LogP contribution is -2.48. The molecule has 1 aliphatic rings. The zero-order valence-electron chi connectivity index (χ0n) is 11.1. The van der Waals surface area contributed by atoms with Gasteiger partial charge in [-0.2, -0.15) is 5.26 Å². The van der Waals surface area contributed by atoms with Gasteiger partial charge in [0.05, 0.1) is 11.6 Å². The predicted octanol–water partition coefficient (Wildman–Crippen LogP) is 3.22. The zero-order chi connectivity index (χ0) is 13.9. The summed E-state index contributed by atoms with van der Waals surface area (Å²) in [6.07, 6.45) is 5.14. The third-order valence-corrected chi connectivity index (χ3v) is 4.26. The van der Waals surface area contributed by atoms with E-state index >= 15 is 0 Å². The molecule has 1 fully saturated rings. The van der Waals surface area contributed by atoms with E-state index < -0.39 is 5.72 Å². The molecule has 1 atom stereocenters. The van der Waals surface area contributed by atoms with Crippen LogP contribution in [0.3, 0.4) is 0 Å². The van der Waals surface area contributed by atoms with Crippen molar-refractivity contribution in [3.63, 3.8) is 0 Å². The van der Waals surface area contributed by atoms with Crippen LogP contribution >= 0.6 is 15.9 Å². The summed E-state index contributed by atoms with van der Waals surface area (Å²) in [5.41, 5.74) is 0.325. The molecule has 1 saturated heterocycles. The second-order valence-electron chi connectivity index (χ2n) is 4.55. The highest BCUT2D eigenvalue weighted by Crippen LogP contribution is 2.40. The van der Waals surface area contributed by atoms with E-state index in [2.05, 4.69) is 22.1 Å². The second kappa shape index (κ2) is 5.81. The molecule has 0 aliphatic carbocycles. The van der Waals surface area contributed by atoms with Gasteiger partial charge in [0.2, 0.25) is 0 Å². The molecule has 1 heterocycles. The fraction of sp³-hybridized carbons (Fsp3) is 0.500. The van der Waals surface area contributed by atoms with Crippen LogP contribution in [-0.2, 0) is 10.5 Å². The Bertz CT molecular complexity index is 501. The number of piperidine rings is 1. The molecular weight excluding hydrogens is 308 g/mol. The maximum absolute atomic E-state index is 9.35. The fourth-order valence-electron chi connectivity index (χ4n) is 2.62. The van der Waals surface area contributed by atoms with Crippen molar-refractivity contribution in [3.05, 3.63) is 28.2 Å². The molecule has 0 spiro atoms. The van der Waals surface area contributed by atoms with Crippen LogP contribution in [0.4, 0.5) is 0 Å². The Morgan fingerprint density at radius 2 is 2.16 bits per heavy atom. The van der Waals surface area contributed by atoms with Crippen LogP contribution in [-0.4, -0.2) is 25.7 Å². The van der Waals surface area contributed by atoms with Crippen molar-refractivity contribution < 1.29 is 9.47 Å². The lowest BCUT2D eigenvalue weighted by molar-refractivity contribution is -0.138. The molecule has 2 rings (SSSR count). The average molecular weight is 325 g/mol. The molecule has 1 aromatic carbocycles. The lowest BCUT2D eigenvalue weighted by Gasteiger charge is -2.43. The molecule has 0 amide bonds. The second-order valence-corrected chi connectivity index (χ2v) is 5.40. The number of ether oxygens (including phenoxy) is 2. The van der Waals surface area contributed by atoms with Crippen LogP contribution in [0.2, 0.25) is 0 Å². The van der Waals surface area contributed by atoms with Crippen LogP contribution in [0.1, 0.15) is 24.8 Å². The summed E-state index contributed by atoms with van der Waals surface area (Å²) in [4.78, 5) is 1.73. The summed E-state index contributed by atoms with van der Waals surface area (Å²) < 4.78 is 11.8. The van der Waals surface area contributed by atoms with Crippen LogP contribution in [0, 0.1) is 11.5 Å². The van der Waals surface area contributed by atoms with Gasteiger partial charge < -0.3 is 9.47 Å². The molecule has 19 heavy (non-hydrogen) atoms. The number of hydrogen-bond donors (Lipinski definition) is 0. The number of hydrogen-bond acceptors (Lipinski definition) is 4. The van der Waals surface area contributed by atoms with Crippen molar-refractivity contribution in [1.82, 2.24) is 4.90 Å². The third kappa shape index (κ3) is 2.43. The maximum Gasteiger partial charge on any atom is 0.182 e. The van der Waals surface area contributed by atoms with E-state index in [9.17, 15) is 5.26 Å². The van der Waals surface area contributed by atoms with Crippen molar-refractivity contribution in [3.8, 4) is 11.9 Å². The third-order valence-electron chi connectivity index (χ3n) is 3.64. The van der Waals surface area contributed by atoms with E-state index in [1.165, 1.54) is 0 Å². The highest BCUT2D eigenvalue weighted by Gasteiger charge is 2.40. The summed E-state index contributed by atoms with van der Waals surface area (Å²) in [5.74, 6) is 0.773. The quantitative estimate of drug-likeness (QED) is 0.801. The first-order valence-electron chi connectivity index (χ1n) is 6.24. The first-order chi connectivity index (χ1) is 9.17. The van der Waals surface area contributed by atoms with E-state index in [1.54, 1.807) is 19.1 Å². The normalized spacial score (nSPS) is 22.9. The van der Waals surface area contributed by atoms with Gasteiger partial charge in [-0.05, 0) is 40.9 Å². The topological polar surface area (TPSA) is 45.5 Å². The lowest BCUT2D eigenvalue weighted by atomic mass is 9.91. The molecule has 0 N–H and O–H groups in total. The average Bonchev–Trinajstić information content (AvgIpc) is 2.46. The van der Waals surface area contributed by atoms with Crippen LogP contribution in [0.25, 0.3) is 0 Å². The first kappa shape index (κ1) is 14.2. The van der Waals surface area contributed by atoms with Crippen LogP contribution < -0.4 is 4.74 Å². The Hall–Kier alpha value is -1.25. The largest absolute Gasteiger partial charge is 0.496 e. The fourth-order valence-corrected chi connectivity index (χ4v) is 3.16. The molecule has 0 saturated carbocycles. The molecule has 1 unspecified atom stereocenters. The standard InChI is InChI=1S/C14H17BrN2O2/c1-18-13-6-5-11(9-12(13)15)14(19-2)7-3-4-8-17(14)10-16/h5-6,9H,3-4,7-8H2,1-2H3. The molecule has 1 aliphatic heterocycles. The van der Waals surface area contributed by atoms with E-state index in [0.29, 0.717) is 0 Å². The molecule has 1 aromatic rings. The summed E-state index contributed by atoms with van der Waals surface area (Å²) in [7, 11) is 3.29. The van der Waals surface area contributed by atoms with Gasteiger partial charge in [-0.15, -0.1) is 0 Å². The van der Waals surface area contributed by atoms with Gasteiger partial charge in [0, 0.05) is 25.6 Å². The van der Waals surface area contributed by atoms with Gasteiger partial charge in [-0.1, -0.05) is 6.07 Å². The van der Waals surface area contributed by atoms with E-state index in [1.807, 2.05) is 18.2 Å². The Balaban J connectivity index is 2.45. The predicted molar refractivity (Wildman–Crippen MR) is 75.6 cm³/mol. The Labute approximate surface area is 122 Å².